The zero-order valence-corrected chi connectivity index (χ0v) is 23.6. The van der Waals surface area contributed by atoms with E-state index in [9.17, 15) is 24.0 Å². The molecule has 2 aromatic rings. The Morgan fingerprint density at radius 3 is 2.44 bits per heavy atom. The van der Waals surface area contributed by atoms with Gasteiger partial charge in [-0.05, 0) is 24.8 Å². The molecule has 1 N–H and O–H groups in total. The fraction of sp³-hybridized carbons (Fsp3) is 0.448. The van der Waals surface area contributed by atoms with Gasteiger partial charge in [-0.2, -0.15) is 0 Å². The number of aromatic nitrogens is 1. The van der Waals surface area contributed by atoms with Gasteiger partial charge in [0.2, 0.25) is 5.75 Å². The van der Waals surface area contributed by atoms with Crippen LogP contribution in [0.25, 0.3) is 0 Å². The number of benzene rings is 1. The van der Waals surface area contributed by atoms with E-state index in [0.717, 1.165) is 12.5 Å². The van der Waals surface area contributed by atoms with Gasteiger partial charge in [-0.15, -0.1) is 0 Å². The number of hydrogen-bond acceptors (Lipinski definition) is 11. The van der Waals surface area contributed by atoms with Crippen molar-refractivity contribution in [1.29, 1.82) is 0 Å². The minimum absolute atomic E-state index is 0.00194. The second kappa shape index (κ2) is 14.2. The first-order chi connectivity index (χ1) is 19.5. The maximum absolute atomic E-state index is 13.4. The molecule has 1 aromatic carbocycles. The number of ether oxygens (including phenoxy) is 5. The van der Waals surface area contributed by atoms with Crippen LogP contribution in [0, 0.1) is 11.8 Å². The summed E-state index contributed by atoms with van der Waals surface area (Å²) >= 11 is 0. The van der Waals surface area contributed by atoms with Crippen LogP contribution in [-0.2, 0) is 39.8 Å². The van der Waals surface area contributed by atoms with Gasteiger partial charge in [0.25, 0.3) is 5.91 Å². The molecule has 0 radical (unpaired) electrons. The molecular weight excluding hydrogens is 536 g/mol. The zero-order valence-electron chi connectivity index (χ0n) is 23.6. The SMILES string of the molecule is COc1ccnc(C(=O)NC2COC(=O)C(Cc3ccccc3)C(OC(=O)CC(C)C)C(C)OC2=O)c1OC(C)=O. The van der Waals surface area contributed by atoms with Crippen LogP contribution >= 0.6 is 0 Å². The quantitative estimate of drug-likeness (QED) is 0.349. The molecule has 4 atom stereocenters. The van der Waals surface area contributed by atoms with Crippen molar-refractivity contribution in [1.82, 2.24) is 10.3 Å². The first kappa shape index (κ1) is 31.1. The average molecular weight is 571 g/mol. The van der Waals surface area contributed by atoms with Crippen LogP contribution in [-0.4, -0.2) is 66.7 Å². The second-order valence-corrected chi connectivity index (χ2v) is 9.93. The molecule has 220 valence electrons. The predicted molar refractivity (Wildman–Crippen MR) is 143 cm³/mol. The Morgan fingerprint density at radius 1 is 1.10 bits per heavy atom. The molecule has 0 spiro atoms. The van der Waals surface area contributed by atoms with Gasteiger partial charge >= 0.3 is 23.9 Å². The van der Waals surface area contributed by atoms with Crippen molar-refractivity contribution in [3.8, 4) is 11.5 Å². The standard InChI is InChI=1S/C29H34N2O10/c1-16(2)13-23(33)41-25-17(3)39-29(36)21(15-38-28(35)20(25)14-19-9-7-6-8-10-19)31-27(34)24-26(40-18(4)32)22(37-5)11-12-30-24/h6-12,16-17,20-21,25H,13-15H2,1-5H3,(H,31,34). The van der Waals surface area contributed by atoms with Crippen molar-refractivity contribution in [2.45, 2.75) is 58.8 Å². The van der Waals surface area contributed by atoms with Crippen molar-refractivity contribution < 1.29 is 47.7 Å². The van der Waals surface area contributed by atoms with Gasteiger partial charge < -0.3 is 29.0 Å². The summed E-state index contributed by atoms with van der Waals surface area (Å²) in [5.74, 6) is -5.04. The molecule has 1 fully saturated rings. The summed E-state index contributed by atoms with van der Waals surface area (Å²) in [7, 11) is 1.32. The Hall–Kier alpha value is -4.48. The normalized spacial score (nSPS) is 20.9. The maximum atomic E-state index is 13.4. The number of amides is 1. The monoisotopic (exact) mass is 570 g/mol. The van der Waals surface area contributed by atoms with Crippen LogP contribution in [0.3, 0.4) is 0 Å². The van der Waals surface area contributed by atoms with E-state index in [-0.39, 0.29) is 36.0 Å². The van der Waals surface area contributed by atoms with Gasteiger partial charge in [0.1, 0.15) is 18.6 Å². The van der Waals surface area contributed by atoms with E-state index in [2.05, 4.69) is 10.3 Å². The van der Waals surface area contributed by atoms with Crippen molar-refractivity contribution in [2.24, 2.45) is 11.8 Å². The van der Waals surface area contributed by atoms with Gasteiger partial charge in [0.15, 0.2) is 23.6 Å². The Kier molecular flexibility index (Phi) is 10.8. The minimum atomic E-state index is -1.45. The molecule has 1 aliphatic rings. The van der Waals surface area contributed by atoms with E-state index >= 15 is 0 Å². The second-order valence-electron chi connectivity index (χ2n) is 9.93. The molecule has 1 saturated heterocycles. The van der Waals surface area contributed by atoms with E-state index < -0.39 is 60.6 Å². The van der Waals surface area contributed by atoms with E-state index in [0.29, 0.717) is 0 Å². The molecule has 0 aliphatic carbocycles. The molecule has 41 heavy (non-hydrogen) atoms. The zero-order chi connectivity index (χ0) is 30.1. The number of hydrogen-bond donors (Lipinski definition) is 1. The topological polar surface area (TPSA) is 156 Å². The smallest absolute Gasteiger partial charge is 0.332 e. The lowest BCUT2D eigenvalue weighted by molar-refractivity contribution is -0.174. The van der Waals surface area contributed by atoms with Crippen LogP contribution < -0.4 is 14.8 Å². The summed E-state index contributed by atoms with van der Waals surface area (Å²) in [4.78, 5) is 67.9. The minimum Gasteiger partial charge on any atom is -0.493 e. The molecule has 12 nitrogen and oxygen atoms in total. The van der Waals surface area contributed by atoms with E-state index in [1.807, 2.05) is 32.0 Å². The van der Waals surface area contributed by atoms with E-state index in [4.69, 9.17) is 23.7 Å². The average Bonchev–Trinajstić information content (AvgIpc) is 2.95. The lowest BCUT2D eigenvalue weighted by atomic mass is 9.91. The summed E-state index contributed by atoms with van der Waals surface area (Å²) in [6.45, 7) is 5.77. The number of nitrogens with one attached hydrogen (secondary N) is 1. The number of methoxy groups -OCH3 is 1. The fourth-order valence-electron chi connectivity index (χ4n) is 4.24. The molecule has 0 saturated carbocycles. The highest BCUT2D eigenvalue weighted by Crippen LogP contribution is 2.30. The number of carbonyl (C=O) groups is 5. The lowest BCUT2D eigenvalue weighted by Crippen LogP contribution is -2.47. The van der Waals surface area contributed by atoms with Gasteiger partial charge in [-0.3, -0.25) is 19.2 Å². The predicted octanol–water partition coefficient (Wildman–Crippen LogP) is 2.42. The molecule has 2 heterocycles. The van der Waals surface area contributed by atoms with Crippen molar-refractivity contribution in [3.63, 3.8) is 0 Å². The van der Waals surface area contributed by atoms with Crippen molar-refractivity contribution in [3.05, 3.63) is 53.9 Å². The maximum Gasteiger partial charge on any atom is 0.332 e. The number of esters is 4. The van der Waals surface area contributed by atoms with E-state index in [1.54, 1.807) is 12.1 Å². The summed E-state index contributed by atoms with van der Waals surface area (Å²) in [5, 5.41) is 2.42. The third kappa shape index (κ3) is 8.50. The van der Waals surface area contributed by atoms with Gasteiger partial charge in [0.05, 0.1) is 7.11 Å². The number of rotatable bonds is 9. The molecule has 12 heteroatoms. The summed E-state index contributed by atoms with van der Waals surface area (Å²) in [6, 6.07) is 9.01. The fourth-order valence-corrected chi connectivity index (χ4v) is 4.24. The number of cyclic esters (lactones) is 2. The number of nitrogens with zero attached hydrogens (tertiary/aromatic N) is 1. The third-order valence-corrected chi connectivity index (χ3v) is 6.14. The Labute approximate surface area is 237 Å². The highest BCUT2D eigenvalue weighted by molar-refractivity contribution is 5.98. The Morgan fingerprint density at radius 2 is 1.80 bits per heavy atom. The molecule has 4 unspecified atom stereocenters. The molecule has 3 rings (SSSR count). The highest BCUT2D eigenvalue weighted by atomic mass is 16.6. The lowest BCUT2D eigenvalue weighted by Gasteiger charge is -2.29. The first-order valence-electron chi connectivity index (χ1n) is 13.1. The van der Waals surface area contributed by atoms with Crippen LogP contribution in [0.1, 0.15) is 50.2 Å². The molecule has 1 amide bonds. The number of carbonyl (C=O) groups excluding carboxylic acids is 5. The summed E-state index contributed by atoms with van der Waals surface area (Å²) in [6.07, 6.45) is -0.708. The molecule has 1 aromatic heterocycles. The molecule has 0 bridgehead atoms. The first-order valence-corrected chi connectivity index (χ1v) is 13.1. The third-order valence-electron chi connectivity index (χ3n) is 6.14. The van der Waals surface area contributed by atoms with E-state index in [1.165, 1.54) is 26.3 Å². The van der Waals surface area contributed by atoms with Crippen molar-refractivity contribution >= 4 is 29.8 Å². The summed E-state index contributed by atoms with van der Waals surface area (Å²) < 4.78 is 27.0. The Balaban J connectivity index is 1.89. The highest BCUT2D eigenvalue weighted by Gasteiger charge is 2.42. The van der Waals surface area contributed by atoms with Crippen LogP contribution in [0.5, 0.6) is 11.5 Å². The van der Waals surface area contributed by atoms with Gasteiger partial charge in [-0.1, -0.05) is 44.2 Å². The number of pyridine rings is 1. The van der Waals surface area contributed by atoms with Crippen LogP contribution in [0.4, 0.5) is 0 Å². The largest absolute Gasteiger partial charge is 0.493 e. The molecule has 1 aliphatic heterocycles. The Bertz CT molecular complexity index is 1260. The van der Waals surface area contributed by atoms with Crippen LogP contribution in [0.2, 0.25) is 0 Å². The molecular formula is C29H34N2O10. The van der Waals surface area contributed by atoms with Crippen molar-refractivity contribution in [2.75, 3.05) is 13.7 Å². The summed E-state index contributed by atoms with van der Waals surface area (Å²) in [5.41, 5.74) is 0.443. The van der Waals surface area contributed by atoms with Gasteiger partial charge in [0, 0.05) is 25.6 Å². The van der Waals surface area contributed by atoms with Crippen LogP contribution in [0.15, 0.2) is 42.6 Å². The van der Waals surface area contributed by atoms with Gasteiger partial charge in [-0.25, -0.2) is 9.78 Å².